The van der Waals surface area contributed by atoms with Crippen molar-refractivity contribution in [3.8, 4) is 0 Å². The van der Waals surface area contributed by atoms with Gasteiger partial charge in [-0.3, -0.25) is 0 Å². The minimum absolute atomic E-state index is 0.303. The number of nitrogens with zero attached hydrogens (tertiary/aromatic N) is 1. The average molecular weight is 276 g/mol. The second-order valence-electron chi connectivity index (χ2n) is 5.66. The van der Waals surface area contributed by atoms with Crippen LogP contribution in [0.3, 0.4) is 0 Å². The van der Waals surface area contributed by atoms with Gasteiger partial charge in [-0.05, 0) is 31.7 Å². The number of rotatable bonds is 6. The first-order chi connectivity index (χ1) is 8.45. The summed E-state index contributed by atoms with van der Waals surface area (Å²) in [4.78, 5) is 0. The van der Waals surface area contributed by atoms with Crippen LogP contribution in [0.2, 0.25) is 0 Å². The molecule has 0 radical (unpaired) electrons. The van der Waals surface area contributed by atoms with E-state index >= 15 is 0 Å². The molecule has 0 aromatic carbocycles. The largest absolute Gasteiger partial charge is 0.313 e. The van der Waals surface area contributed by atoms with Crippen LogP contribution in [-0.4, -0.2) is 44.2 Å². The fraction of sp³-hybridized carbons (Fsp3) is 1.00. The summed E-state index contributed by atoms with van der Waals surface area (Å²) < 4.78 is 26.2. The predicted octanol–water partition coefficient (Wildman–Crippen LogP) is 1.83. The standard InChI is InChI=1S/C13H28N2O2S/c1-4-5-9-18(16,17)15-8-6-7-14-13(11-15)10-12(2)3/h12-14H,4-11H2,1-3H3. The first-order valence-corrected chi connectivity index (χ1v) is 8.77. The predicted molar refractivity (Wildman–Crippen MR) is 76.1 cm³/mol. The van der Waals surface area contributed by atoms with Gasteiger partial charge in [-0.25, -0.2) is 12.7 Å². The summed E-state index contributed by atoms with van der Waals surface area (Å²) in [5.41, 5.74) is 0. The van der Waals surface area contributed by atoms with Gasteiger partial charge in [0.15, 0.2) is 0 Å². The first kappa shape index (κ1) is 15.9. The normalized spacial score (nSPS) is 23.2. The van der Waals surface area contributed by atoms with Crippen molar-refractivity contribution in [2.75, 3.05) is 25.4 Å². The first-order valence-electron chi connectivity index (χ1n) is 7.17. The Bertz CT molecular complexity index is 328. The van der Waals surface area contributed by atoms with Crippen LogP contribution in [0.25, 0.3) is 0 Å². The van der Waals surface area contributed by atoms with E-state index in [2.05, 4.69) is 19.2 Å². The summed E-state index contributed by atoms with van der Waals surface area (Å²) in [6, 6.07) is 0.309. The van der Waals surface area contributed by atoms with Crippen LogP contribution in [0.5, 0.6) is 0 Å². The van der Waals surface area contributed by atoms with Crippen LogP contribution in [0, 0.1) is 5.92 Å². The molecule has 0 amide bonds. The smallest absolute Gasteiger partial charge is 0.214 e. The Balaban J connectivity index is 2.63. The summed E-state index contributed by atoms with van der Waals surface area (Å²) in [6.07, 6.45) is 3.65. The zero-order chi connectivity index (χ0) is 13.6. The molecule has 1 heterocycles. The van der Waals surface area contributed by atoms with E-state index in [0.717, 1.165) is 32.2 Å². The molecule has 1 aliphatic rings. The van der Waals surface area contributed by atoms with Crippen molar-refractivity contribution in [1.82, 2.24) is 9.62 Å². The number of nitrogens with one attached hydrogen (secondary N) is 1. The summed E-state index contributed by atoms with van der Waals surface area (Å²) >= 11 is 0. The lowest BCUT2D eigenvalue weighted by Gasteiger charge is -2.25. The molecule has 0 bridgehead atoms. The maximum atomic E-state index is 12.2. The molecule has 108 valence electrons. The van der Waals surface area contributed by atoms with E-state index in [-0.39, 0.29) is 0 Å². The van der Waals surface area contributed by atoms with Crippen LogP contribution in [0.4, 0.5) is 0 Å². The van der Waals surface area contributed by atoms with Crippen LogP contribution in [0.1, 0.15) is 46.5 Å². The second-order valence-corrected chi connectivity index (χ2v) is 7.75. The van der Waals surface area contributed by atoms with E-state index in [1.165, 1.54) is 0 Å². The molecule has 1 fully saturated rings. The van der Waals surface area contributed by atoms with E-state index in [1.807, 2.05) is 6.92 Å². The zero-order valence-electron chi connectivity index (χ0n) is 12.0. The van der Waals surface area contributed by atoms with Gasteiger partial charge >= 0.3 is 0 Å². The molecule has 4 nitrogen and oxygen atoms in total. The molecule has 0 aliphatic carbocycles. The Hall–Kier alpha value is -0.130. The molecule has 18 heavy (non-hydrogen) atoms. The SMILES string of the molecule is CCCCS(=O)(=O)N1CCCNC(CC(C)C)C1. The molecule has 1 rings (SSSR count). The molecule has 1 N–H and O–H groups in total. The van der Waals surface area contributed by atoms with E-state index in [1.54, 1.807) is 4.31 Å². The molecule has 1 atom stereocenters. The van der Waals surface area contributed by atoms with Crippen molar-refractivity contribution in [3.05, 3.63) is 0 Å². The Morgan fingerprint density at radius 2 is 2.11 bits per heavy atom. The molecule has 0 saturated carbocycles. The fourth-order valence-corrected chi connectivity index (χ4v) is 4.12. The third kappa shape index (κ3) is 5.24. The van der Waals surface area contributed by atoms with Crippen LogP contribution in [0.15, 0.2) is 0 Å². The number of hydrogen-bond donors (Lipinski definition) is 1. The van der Waals surface area contributed by atoms with Crippen molar-refractivity contribution in [3.63, 3.8) is 0 Å². The quantitative estimate of drug-likeness (QED) is 0.805. The Labute approximate surface area is 112 Å². The molecule has 0 aromatic rings. The van der Waals surface area contributed by atoms with Gasteiger partial charge in [0.1, 0.15) is 0 Å². The molecule has 0 spiro atoms. The van der Waals surface area contributed by atoms with Crippen molar-refractivity contribution < 1.29 is 8.42 Å². The van der Waals surface area contributed by atoms with E-state index in [4.69, 9.17) is 0 Å². The summed E-state index contributed by atoms with van der Waals surface area (Å²) in [5, 5.41) is 3.46. The Morgan fingerprint density at radius 3 is 2.72 bits per heavy atom. The minimum Gasteiger partial charge on any atom is -0.313 e. The van der Waals surface area contributed by atoms with Crippen molar-refractivity contribution >= 4 is 10.0 Å². The van der Waals surface area contributed by atoms with Crippen LogP contribution >= 0.6 is 0 Å². The van der Waals surface area contributed by atoms with Gasteiger partial charge in [-0.1, -0.05) is 27.2 Å². The van der Waals surface area contributed by atoms with Crippen LogP contribution < -0.4 is 5.32 Å². The molecule has 0 aromatic heterocycles. The summed E-state index contributed by atoms with van der Waals surface area (Å²) in [7, 11) is -3.04. The second kappa shape index (κ2) is 7.46. The maximum absolute atomic E-state index is 12.2. The number of hydrogen-bond acceptors (Lipinski definition) is 3. The van der Waals surface area contributed by atoms with Gasteiger partial charge in [0.25, 0.3) is 0 Å². The highest BCUT2D eigenvalue weighted by Crippen LogP contribution is 2.14. The van der Waals surface area contributed by atoms with E-state index < -0.39 is 10.0 Å². The lowest BCUT2D eigenvalue weighted by atomic mass is 10.0. The molecule has 1 saturated heterocycles. The lowest BCUT2D eigenvalue weighted by Crippen LogP contribution is -2.42. The van der Waals surface area contributed by atoms with Crippen molar-refractivity contribution in [1.29, 1.82) is 0 Å². The van der Waals surface area contributed by atoms with Gasteiger partial charge in [-0.15, -0.1) is 0 Å². The highest BCUT2D eigenvalue weighted by molar-refractivity contribution is 7.89. The minimum atomic E-state index is -3.04. The van der Waals surface area contributed by atoms with Gasteiger partial charge < -0.3 is 5.32 Å². The monoisotopic (exact) mass is 276 g/mol. The third-order valence-electron chi connectivity index (χ3n) is 3.35. The number of unbranched alkanes of at least 4 members (excludes halogenated alkanes) is 1. The van der Waals surface area contributed by atoms with Crippen LogP contribution in [-0.2, 0) is 10.0 Å². The number of sulfonamides is 1. The Kier molecular flexibility index (Phi) is 6.60. The van der Waals surface area contributed by atoms with Gasteiger partial charge in [0.05, 0.1) is 5.75 Å². The fourth-order valence-electron chi connectivity index (χ4n) is 2.40. The highest BCUT2D eigenvalue weighted by atomic mass is 32.2. The maximum Gasteiger partial charge on any atom is 0.214 e. The third-order valence-corrected chi connectivity index (χ3v) is 5.27. The molecule has 1 unspecified atom stereocenters. The van der Waals surface area contributed by atoms with Crippen molar-refractivity contribution in [2.24, 2.45) is 5.92 Å². The molecular weight excluding hydrogens is 248 g/mol. The Morgan fingerprint density at radius 1 is 1.39 bits per heavy atom. The zero-order valence-corrected chi connectivity index (χ0v) is 12.8. The molecular formula is C13H28N2O2S. The lowest BCUT2D eigenvalue weighted by molar-refractivity contribution is 0.357. The summed E-state index contributed by atoms with van der Waals surface area (Å²) in [6.45, 7) is 8.64. The highest BCUT2D eigenvalue weighted by Gasteiger charge is 2.26. The van der Waals surface area contributed by atoms with Gasteiger partial charge in [0.2, 0.25) is 10.0 Å². The topological polar surface area (TPSA) is 49.4 Å². The van der Waals surface area contributed by atoms with E-state index in [9.17, 15) is 8.42 Å². The summed E-state index contributed by atoms with van der Waals surface area (Å²) in [5.74, 6) is 0.901. The van der Waals surface area contributed by atoms with Gasteiger partial charge in [-0.2, -0.15) is 0 Å². The molecule has 5 heteroatoms. The average Bonchev–Trinajstić information content (AvgIpc) is 2.51. The van der Waals surface area contributed by atoms with E-state index in [0.29, 0.717) is 30.8 Å². The van der Waals surface area contributed by atoms with Gasteiger partial charge in [0, 0.05) is 19.1 Å². The molecule has 1 aliphatic heterocycles. The van der Waals surface area contributed by atoms with Crippen molar-refractivity contribution in [2.45, 2.75) is 52.5 Å².